The highest BCUT2D eigenvalue weighted by atomic mass is 35.5. The highest BCUT2D eigenvalue weighted by Crippen LogP contribution is 2.38. The van der Waals surface area contributed by atoms with Crippen LogP contribution in [-0.4, -0.2) is 33.4 Å². The van der Waals surface area contributed by atoms with Gasteiger partial charge in [0.25, 0.3) is 10.0 Å². The van der Waals surface area contributed by atoms with Gasteiger partial charge in [0.1, 0.15) is 17.3 Å². The summed E-state index contributed by atoms with van der Waals surface area (Å²) in [6.07, 6.45) is 3.42. The molecule has 0 radical (unpaired) electrons. The van der Waals surface area contributed by atoms with Crippen LogP contribution in [0.2, 0.25) is 5.02 Å². The average molecular weight is 403 g/mol. The van der Waals surface area contributed by atoms with Gasteiger partial charge in [-0.3, -0.25) is 0 Å². The summed E-state index contributed by atoms with van der Waals surface area (Å²) in [5.41, 5.74) is 0.408. The SMILES string of the molecule is C=C(Cl)COC(=O)c1cc2c(cc1Cl)N1CCCCCC1=NS2(=O)=O. The predicted molar refractivity (Wildman–Crippen MR) is 97.2 cm³/mol. The van der Waals surface area contributed by atoms with E-state index in [1.165, 1.54) is 12.1 Å². The maximum absolute atomic E-state index is 12.5. The first kappa shape index (κ1) is 18.2. The minimum Gasteiger partial charge on any atom is -0.456 e. The lowest BCUT2D eigenvalue weighted by molar-refractivity contribution is 0.0546. The molecule has 2 heterocycles. The average Bonchev–Trinajstić information content (AvgIpc) is 2.76. The van der Waals surface area contributed by atoms with Gasteiger partial charge in [-0.1, -0.05) is 36.2 Å². The minimum absolute atomic E-state index is 0.0424. The molecule has 1 aromatic carbocycles. The number of nitrogens with zero attached hydrogens (tertiary/aromatic N) is 2. The van der Waals surface area contributed by atoms with E-state index in [-0.39, 0.29) is 27.1 Å². The Morgan fingerprint density at radius 3 is 2.80 bits per heavy atom. The van der Waals surface area contributed by atoms with E-state index in [1.807, 2.05) is 4.90 Å². The Labute approximate surface area is 156 Å². The van der Waals surface area contributed by atoms with Crippen molar-refractivity contribution in [3.05, 3.63) is 34.3 Å². The van der Waals surface area contributed by atoms with Gasteiger partial charge in [0.2, 0.25) is 0 Å². The molecule has 1 fully saturated rings. The van der Waals surface area contributed by atoms with E-state index < -0.39 is 16.0 Å². The van der Waals surface area contributed by atoms with Gasteiger partial charge in [-0.25, -0.2) is 4.79 Å². The number of carbonyl (C=O) groups is 1. The zero-order valence-corrected chi connectivity index (χ0v) is 15.6. The monoisotopic (exact) mass is 402 g/mol. The Hall–Kier alpha value is -1.57. The molecular formula is C16H16Cl2N2O4S. The predicted octanol–water partition coefficient (Wildman–Crippen LogP) is 3.73. The van der Waals surface area contributed by atoms with Crippen molar-refractivity contribution in [1.29, 1.82) is 0 Å². The molecule has 0 saturated carbocycles. The van der Waals surface area contributed by atoms with Crippen LogP contribution in [0.5, 0.6) is 0 Å². The fraction of sp³-hybridized carbons (Fsp3) is 0.375. The van der Waals surface area contributed by atoms with Crippen LogP contribution in [0.4, 0.5) is 5.69 Å². The van der Waals surface area contributed by atoms with Crippen molar-refractivity contribution in [3.8, 4) is 0 Å². The first-order valence-electron chi connectivity index (χ1n) is 7.75. The normalized spacial score (nSPS) is 18.5. The van der Waals surface area contributed by atoms with E-state index in [0.29, 0.717) is 24.5 Å². The number of carbonyl (C=O) groups excluding carboxylic acids is 1. The van der Waals surface area contributed by atoms with Gasteiger partial charge in [0.05, 0.1) is 16.3 Å². The number of anilines is 1. The highest BCUT2D eigenvalue weighted by molar-refractivity contribution is 7.90. The van der Waals surface area contributed by atoms with E-state index in [1.54, 1.807) is 0 Å². The molecule has 6 nitrogen and oxygen atoms in total. The van der Waals surface area contributed by atoms with E-state index in [4.69, 9.17) is 27.9 Å². The first-order valence-corrected chi connectivity index (χ1v) is 9.94. The maximum Gasteiger partial charge on any atom is 0.340 e. The summed E-state index contributed by atoms with van der Waals surface area (Å²) >= 11 is 11.8. The Morgan fingerprint density at radius 1 is 1.32 bits per heavy atom. The Morgan fingerprint density at radius 2 is 2.08 bits per heavy atom. The van der Waals surface area contributed by atoms with Crippen LogP contribution < -0.4 is 4.90 Å². The standard InChI is InChI=1S/C16H16Cl2N2O4S/c1-10(17)9-24-16(21)11-7-14-13(8-12(11)18)20-6-4-2-3-5-15(20)19-25(14,22)23/h7-8H,1-6,9H2. The lowest BCUT2D eigenvalue weighted by Gasteiger charge is -2.30. The summed E-state index contributed by atoms with van der Waals surface area (Å²) < 4.78 is 34.0. The summed E-state index contributed by atoms with van der Waals surface area (Å²) in [7, 11) is -3.90. The van der Waals surface area contributed by atoms with Crippen LogP contribution >= 0.6 is 23.2 Å². The number of halogens is 2. The quantitative estimate of drug-likeness (QED) is 0.719. The third-order valence-corrected chi connectivity index (χ3v) is 5.77. The fourth-order valence-electron chi connectivity index (χ4n) is 2.87. The molecule has 1 saturated heterocycles. The number of hydrogen-bond donors (Lipinski definition) is 0. The van der Waals surface area contributed by atoms with Crippen molar-refractivity contribution in [3.63, 3.8) is 0 Å². The number of rotatable bonds is 3. The second kappa shape index (κ2) is 6.97. The highest BCUT2D eigenvalue weighted by Gasteiger charge is 2.33. The molecule has 0 spiro atoms. The molecule has 1 aromatic rings. The van der Waals surface area contributed by atoms with Crippen molar-refractivity contribution >= 4 is 50.7 Å². The lowest BCUT2D eigenvalue weighted by atomic mass is 10.1. The molecule has 134 valence electrons. The van der Waals surface area contributed by atoms with E-state index in [0.717, 1.165) is 19.3 Å². The summed E-state index contributed by atoms with van der Waals surface area (Å²) in [5.74, 6) is -0.245. The molecule has 0 unspecified atom stereocenters. The Bertz CT molecular complexity index is 880. The van der Waals surface area contributed by atoms with Gasteiger partial charge < -0.3 is 9.64 Å². The largest absolute Gasteiger partial charge is 0.456 e. The second-order valence-corrected chi connectivity index (χ2v) is 8.35. The van der Waals surface area contributed by atoms with E-state index in [9.17, 15) is 13.2 Å². The van der Waals surface area contributed by atoms with Crippen molar-refractivity contribution in [1.82, 2.24) is 0 Å². The van der Waals surface area contributed by atoms with Gasteiger partial charge >= 0.3 is 5.97 Å². The van der Waals surface area contributed by atoms with Crippen LogP contribution in [-0.2, 0) is 14.8 Å². The number of hydrogen-bond acceptors (Lipinski definition) is 5. The number of esters is 1. The molecule has 0 aliphatic carbocycles. The van der Waals surface area contributed by atoms with E-state index in [2.05, 4.69) is 11.0 Å². The molecule has 2 aliphatic rings. The summed E-state index contributed by atoms with van der Waals surface area (Å²) in [6, 6.07) is 2.71. The molecule has 0 N–H and O–H groups in total. The number of sulfonamides is 1. The van der Waals surface area contributed by atoms with Crippen LogP contribution in [0.1, 0.15) is 36.0 Å². The van der Waals surface area contributed by atoms with Crippen molar-refractivity contribution in [2.24, 2.45) is 4.40 Å². The molecule has 0 bridgehead atoms. The molecule has 3 rings (SSSR count). The zero-order chi connectivity index (χ0) is 18.2. The Balaban J connectivity index is 2.06. The topological polar surface area (TPSA) is 76.0 Å². The van der Waals surface area contributed by atoms with Gasteiger partial charge in [-0.05, 0) is 25.0 Å². The number of amidine groups is 1. The summed E-state index contributed by atoms with van der Waals surface area (Å²) in [6.45, 7) is 3.90. The number of benzene rings is 1. The molecule has 9 heteroatoms. The molecule has 2 aliphatic heterocycles. The lowest BCUT2D eigenvalue weighted by Crippen LogP contribution is -2.35. The smallest absolute Gasteiger partial charge is 0.340 e. The molecule has 25 heavy (non-hydrogen) atoms. The minimum atomic E-state index is -3.90. The van der Waals surface area contributed by atoms with Gasteiger partial charge in [-0.15, -0.1) is 4.40 Å². The van der Waals surface area contributed by atoms with Gasteiger partial charge in [0, 0.05) is 18.0 Å². The maximum atomic E-state index is 12.5. The number of ether oxygens (including phenoxy) is 1. The van der Waals surface area contributed by atoms with Crippen LogP contribution in [0.3, 0.4) is 0 Å². The van der Waals surface area contributed by atoms with Crippen LogP contribution in [0, 0.1) is 0 Å². The van der Waals surface area contributed by atoms with Crippen LogP contribution in [0.15, 0.2) is 33.0 Å². The second-order valence-electron chi connectivity index (χ2n) is 5.84. The van der Waals surface area contributed by atoms with E-state index >= 15 is 0 Å². The Kier molecular flexibility index (Phi) is 5.09. The third kappa shape index (κ3) is 3.68. The first-order chi connectivity index (χ1) is 11.8. The molecule has 0 aromatic heterocycles. The van der Waals surface area contributed by atoms with Crippen molar-refractivity contribution in [2.45, 2.75) is 30.6 Å². The van der Waals surface area contributed by atoms with Gasteiger partial charge in [0.15, 0.2) is 0 Å². The molecule has 0 atom stereocenters. The third-order valence-electron chi connectivity index (χ3n) is 4.02. The van der Waals surface area contributed by atoms with Crippen molar-refractivity contribution < 1.29 is 17.9 Å². The van der Waals surface area contributed by atoms with Crippen LogP contribution in [0.25, 0.3) is 0 Å². The summed E-state index contributed by atoms with van der Waals surface area (Å²) in [5, 5.41) is 0.262. The van der Waals surface area contributed by atoms with Gasteiger partial charge in [-0.2, -0.15) is 8.42 Å². The number of fused-ring (bicyclic) bond motifs is 3. The van der Waals surface area contributed by atoms with Crippen molar-refractivity contribution in [2.75, 3.05) is 18.1 Å². The summed E-state index contributed by atoms with van der Waals surface area (Å²) in [4.78, 5) is 14.0. The molecule has 0 amide bonds. The zero-order valence-electron chi connectivity index (χ0n) is 13.3. The molecular weight excluding hydrogens is 387 g/mol. The fourth-order valence-corrected chi connectivity index (χ4v) is 4.43.